The molecule has 27 heavy (non-hydrogen) atoms. The van der Waals surface area contributed by atoms with Crippen molar-refractivity contribution in [3.05, 3.63) is 84.6 Å². The van der Waals surface area contributed by atoms with E-state index in [1.54, 1.807) is 7.11 Å². The Balaban J connectivity index is 2.73. The SMILES string of the molecule is C=CC/C(=C/[Si](OC(C)C#CC)(c1ccccc1)c1ccccc1)COC. The van der Waals surface area contributed by atoms with Gasteiger partial charge in [0.25, 0.3) is 8.32 Å². The zero-order valence-corrected chi connectivity index (χ0v) is 17.4. The summed E-state index contributed by atoms with van der Waals surface area (Å²) in [4.78, 5) is 0. The Morgan fingerprint density at radius 3 is 2.07 bits per heavy atom. The van der Waals surface area contributed by atoms with Gasteiger partial charge in [0.1, 0.15) is 6.10 Å². The average Bonchev–Trinajstić information content (AvgIpc) is 2.69. The first-order valence-corrected chi connectivity index (χ1v) is 11.2. The van der Waals surface area contributed by atoms with Crippen LogP contribution in [-0.4, -0.2) is 28.1 Å². The number of hydrogen-bond donors (Lipinski definition) is 0. The van der Waals surface area contributed by atoms with Crippen LogP contribution in [0.5, 0.6) is 0 Å². The smallest absolute Gasteiger partial charge is 0.282 e. The third-order valence-corrected chi connectivity index (χ3v) is 8.18. The van der Waals surface area contributed by atoms with E-state index in [0.29, 0.717) is 6.61 Å². The molecule has 2 rings (SSSR count). The molecule has 0 heterocycles. The molecular weight excluding hydrogens is 348 g/mol. The van der Waals surface area contributed by atoms with E-state index < -0.39 is 8.32 Å². The molecule has 0 aliphatic rings. The Labute approximate surface area is 164 Å². The van der Waals surface area contributed by atoms with Crippen LogP contribution in [0.1, 0.15) is 20.3 Å². The van der Waals surface area contributed by atoms with Gasteiger partial charge in [-0.25, -0.2) is 0 Å². The number of hydrogen-bond acceptors (Lipinski definition) is 2. The van der Waals surface area contributed by atoms with Gasteiger partial charge in [0.2, 0.25) is 0 Å². The second-order valence-electron chi connectivity index (χ2n) is 6.35. The van der Waals surface area contributed by atoms with Crippen molar-refractivity contribution in [2.75, 3.05) is 13.7 Å². The summed E-state index contributed by atoms with van der Waals surface area (Å²) in [6.45, 7) is 8.32. The molecule has 3 heteroatoms. The first-order valence-electron chi connectivity index (χ1n) is 9.18. The predicted molar refractivity (Wildman–Crippen MR) is 117 cm³/mol. The van der Waals surface area contributed by atoms with Gasteiger partial charge in [-0.15, -0.1) is 12.5 Å². The van der Waals surface area contributed by atoms with Crippen molar-refractivity contribution in [2.24, 2.45) is 0 Å². The van der Waals surface area contributed by atoms with E-state index in [1.807, 2.05) is 32.1 Å². The lowest BCUT2D eigenvalue weighted by Crippen LogP contribution is -2.61. The van der Waals surface area contributed by atoms with E-state index >= 15 is 0 Å². The molecule has 2 aromatic carbocycles. The van der Waals surface area contributed by atoms with Crippen molar-refractivity contribution in [3.63, 3.8) is 0 Å². The van der Waals surface area contributed by atoms with Gasteiger partial charge in [-0.2, -0.15) is 0 Å². The van der Waals surface area contributed by atoms with Crippen molar-refractivity contribution in [1.29, 1.82) is 0 Å². The molecule has 0 saturated heterocycles. The maximum absolute atomic E-state index is 6.77. The molecule has 2 nitrogen and oxygen atoms in total. The lowest BCUT2D eigenvalue weighted by Gasteiger charge is -2.32. The summed E-state index contributed by atoms with van der Waals surface area (Å²) in [5.74, 6) is 6.14. The predicted octanol–water partition coefficient (Wildman–Crippen LogP) is 3.86. The van der Waals surface area contributed by atoms with Gasteiger partial charge in [-0.1, -0.05) is 78.4 Å². The van der Waals surface area contributed by atoms with Crippen molar-refractivity contribution in [1.82, 2.24) is 0 Å². The molecule has 0 bridgehead atoms. The molecule has 1 unspecified atom stereocenters. The van der Waals surface area contributed by atoms with Gasteiger partial charge in [0.15, 0.2) is 0 Å². The monoisotopic (exact) mass is 376 g/mol. The summed E-state index contributed by atoms with van der Waals surface area (Å²) in [7, 11) is -0.958. The Kier molecular flexibility index (Phi) is 8.28. The third-order valence-electron chi connectivity index (χ3n) is 4.26. The number of methoxy groups -OCH3 is 1. The molecule has 0 radical (unpaired) electrons. The average molecular weight is 377 g/mol. The molecule has 0 amide bonds. The highest BCUT2D eigenvalue weighted by atomic mass is 28.4. The van der Waals surface area contributed by atoms with Gasteiger partial charge in [0, 0.05) is 7.11 Å². The molecular formula is C24H28O2Si. The standard InChI is InChI=1S/C24H28O2Si/c1-5-13-21(3)26-27(23-15-9-7-10-16-23,24-17-11-8-12-18-24)20-22(14-6-2)19-25-4/h6-12,15-18,20-21H,2,14,19H2,1,3-4H3/b22-20-. The lowest BCUT2D eigenvalue weighted by atomic mass is 10.2. The van der Waals surface area contributed by atoms with Gasteiger partial charge >= 0.3 is 0 Å². The summed E-state index contributed by atoms with van der Waals surface area (Å²) < 4.78 is 12.2. The van der Waals surface area contributed by atoms with E-state index in [9.17, 15) is 0 Å². The van der Waals surface area contributed by atoms with Crippen molar-refractivity contribution < 1.29 is 9.16 Å². The Morgan fingerprint density at radius 1 is 1.07 bits per heavy atom. The summed E-state index contributed by atoms with van der Waals surface area (Å²) in [6.07, 6.45) is 2.50. The van der Waals surface area contributed by atoms with Crippen LogP contribution in [0.3, 0.4) is 0 Å². The van der Waals surface area contributed by atoms with Crippen molar-refractivity contribution in [2.45, 2.75) is 26.4 Å². The Hall–Kier alpha value is -2.38. The molecule has 0 N–H and O–H groups in total. The molecule has 0 fully saturated rings. The summed E-state index contributed by atoms with van der Waals surface area (Å²) in [5.41, 5.74) is 3.47. The van der Waals surface area contributed by atoms with E-state index in [0.717, 1.165) is 6.42 Å². The number of benzene rings is 2. The van der Waals surface area contributed by atoms with E-state index in [-0.39, 0.29) is 6.10 Å². The first-order chi connectivity index (χ1) is 13.2. The van der Waals surface area contributed by atoms with Crippen LogP contribution in [0.4, 0.5) is 0 Å². The zero-order valence-electron chi connectivity index (χ0n) is 16.4. The minimum Gasteiger partial charge on any atom is -0.391 e. The lowest BCUT2D eigenvalue weighted by molar-refractivity contribution is 0.224. The fourth-order valence-electron chi connectivity index (χ4n) is 3.20. The molecule has 140 valence electrons. The number of ether oxygens (including phenoxy) is 1. The number of allylic oxidation sites excluding steroid dienone is 1. The molecule has 0 aliphatic heterocycles. The second-order valence-corrected chi connectivity index (χ2v) is 9.50. The molecule has 0 aromatic heterocycles. The van der Waals surface area contributed by atoms with Gasteiger partial charge in [-0.3, -0.25) is 0 Å². The maximum Gasteiger partial charge on any atom is 0.282 e. The van der Waals surface area contributed by atoms with Crippen LogP contribution in [0.2, 0.25) is 0 Å². The van der Waals surface area contributed by atoms with Gasteiger partial charge in [-0.05, 0) is 36.2 Å². The van der Waals surface area contributed by atoms with Gasteiger partial charge < -0.3 is 9.16 Å². The molecule has 0 aliphatic carbocycles. The maximum atomic E-state index is 6.77. The minimum atomic E-state index is -2.68. The summed E-state index contributed by atoms with van der Waals surface area (Å²) in [5, 5.41) is 2.39. The number of rotatable bonds is 9. The first kappa shape index (κ1) is 20.9. The van der Waals surface area contributed by atoms with Crippen LogP contribution in [0, 0.1) is 11.8 Å². The van der Waals surface area contributed by atoms with Gasteiger partial charge in [0.05, 0.1) is 6.61 Å². The van der Waals surface area contributed by atoms with Crippen LogP contribution >= 0.6 is 0 Å². The minimum absolute atomic E-state index is 0.175. The molecule has 0 spiro atoms. The van der Waals surface area contributed by atoms with Crippen LogP contribution in [0.25, 0.3) is 0 Å². The second kappa shape index (κ2) is 10.7. The van der Waals surface area contributed by atoms with E-state index in [1.165, 1.54) is 15.9 Å². The van der Waals surface area contributed by atoms with E-state index in [2.05, 4.69) is 72.7 Å². The summed E-state index contributed by atoms with van der Waals surface area (Å²) >= 11 is 0. The highest BCUT2D eigenvalue weighted by Crippen LogP contribution is 2.17. The normalized spacial score (nSPS) is 12.8. The van der Waals surface area contributed by atoms with Crippen molar-refractivity contribution in [3.8, 4) is 11.8 Å². The highest BCUT2D eigenvalue weighted by Gasteiger charge is 2.39. The van der Waals surface area contributed by atoms with Crippen molar-refractivity contribution >= 4 is 18.7 Å². The molecule has 1 atom stereocenters. The fraction of sp³-hybridized carbons (Fsp3) is 0.250. The quantitative estimate of drug-likeness (QED) is 0.376. The highest BCUT2D eigenvalue weighted by molar-refractivity contribution is 7.01. The Bertz CT molecular complexity index is 761. The van der Waals surface area contributed by atoms with E-state index in [4.69, 9.17) is 9.16 Å². The fourth-order valence-corrected chi connectivity index (χ4v) is 6.98. The summed E-state index contributed by atoms with van der Waals surface area (Å²) in [6, 6.07) is 20.9. The molecule has 0 saturated carbocycles. The third kappa shape index (κ3) is 5.54. The van der Waals surface area contributed by atoms with Crippen LogP contribution in [-0.2, 0) is 9.16 Å². The molecule has 2 aromatic rings. The largest absolute Gasteiger partial charge is 0.391 e. The van der Waals surface area contributed by atoms with Crippen LogP contribution in [0.15, 0.2) is 84.6 Å². The topological polar surface area (TPSA) is 18.5 Å². The van der Waals surface area contributed by atoms with Crippen LogP contribution < -0.4 is 10.4 Å². The Morgan fingerprint density at radius 2 is 1.63 bits per heavy atom. The zero-order chi connectivity index (χ0) is 19.5.